The van der Waals surface area contributed by atoms with E-state index in [9.17, 15) is 14.7 Å². The van der Waals surface area contributed by atoms with Crippen LogP contribution in [-0.4, -0.2) is 59.1 Å². The Bertz CT molecular complexity index is 578. The maximum atomic E-state index is 12.5. The summed E-state index contributed by atoms with van der Waals surface area (Å²) in [5, 5.41) is 12.6. The first-order chi connectivity index (χ1) is 9.56. The maximum absolute atomic E-state index is 12.5. The van der Waals surface area contributed by atoms with Crippen molar-refractivity contribution in [2.45, 2.75) is 6.04 Å². The third-order valence-electron chi connectivity index (χ3n) is 3.71. The Morgan fingerprint density at radius 2 is 2.20 bits per heavy atom. The summed E-state index contributed by atoms with van der Waals surface area (Å²) in [5.74, 6) is -0.182. The van der Waals surface area contributed by atoms with Gasteiger partial charge in [-0.05, 0) is 40.8 Å². The minimum atomic E-state index is -0.181. The predicted octanol–water partition coefficient (Wildman–Crippen LogP) is 0.846. The fraction of sp³-hybridized carbons (Fsp3) is 0.385. The lowest BCUT2D eigenvalue weighted by Crippen LogP contribution is -2.53. The number of urea groups is 1. The van der Waals surface area contributed by atoms with Crippen LogP contribution in [0.15, 0.2) is 18.2 Å². The van der Waals surface area contributed by atoms with Crippen molar-refractivity contribution in [2.75, 3.05) is 26.2 Å². The van der Waals surface area contributed by atoms with Crippen molar-refractivity contribution in [3.63, 3.8) is 0 Å². The van der Waals surface area contributed by atoms with Gasteiger partial charge in [0.1, 0.15) is 5.75 Å². The van der Waals surface area contributed by atoms with Crippen molar-refractivity contribution in [1.29, 1.82) is 0 Å². The molecule has 1 atom stereocenters. The smallest absolute Gasteiger partial charge is 0.317 e. The molecule has 0 saturated carbocycles. The average Bonchev–Trinajstić information content (AvgIpc) is 2.82. The van der Waals surface area contributed by atoms with Gasteiger partial charge in [0.2, 0.25) is 0 Å². The van der Waals surface area contributed by atoms with Gasteiger partial charge in [0.25, 0.3) is 5.91 Å². The first-order valence-electron chi connectivity index (χ1n) is 6.38. The average molecular weight is 387 g/mol. The van der Waals surface area contributed by atoms with Gasteiger partial charge in [-0.1, -0.05) is 0 Å². The molecule has 0 radical (unpaired) electrons. The molecule has 2 aliphatic heterocycles. The van der Waals surface area contributed by atoms with Crippen LogP contribution in [0.3, 0.4) is 0 Å². The van der Waals surface area contributed by atoms with E-state index in [1.807, 2.05) is 0 Å². The molecular formula is C13H14IN3O3. The number of hydrogen-bond donors (Lipinski definition) is 2. The van der Waals surface area contributed by atoms with Gasteiger partial charge >= 0.3 is 6.03 Å². The van der Waals surface area contributed by atoms with E-state index in [-0.39, 0.29) is 23.7 Å². The van der Waals surface area contributed by atoms with Crippen molar-refractivity contribution < 1.29 is 14.7 Å². The van der Waals surface area contributed by atoms with Gasteiger partial charge < -0.3 is 20.2 Å². The Kier molecular flexibility index (Phi) is 3.45. The Balaban J connectivity index is 1.78. The van der Waals surface area contributed by atoms with Crippen LogP contribution in [0.1, 0.15) is 10.4 Å². The van der Waals surface area contributed by atoms with E-state index in [1.165, 1.54) is 6.07 Å². The van der Waals surface area contributed by atoms with Gasteiger partial charge in [-0.15, -0.1) is 0 Å². The summed E-state index contributed by atoms with van der Waals surface area (Å²) >= 11 is 2.11. The third kappa shape index (κ3) is 2.30. The number of carbonyl (C=O) groups excluding carboxylic acids is 2. The van der Waals surface area contributed by atoms with Crippen molar-refractivity contribution in [3.05, 3.63) is 27.3 Å². The fourth-order valence-corrected chi connectivity index (χ4v) is 3.13. The van der Waals surface area contributed by atoms with Crippen LogP contribution in [0.4, 0.5) is 4.79 Å². The number of hydrogen-bond acceptors (Lipinski definition) is 3. The zero-order chi connectivity index (χ0) is 14.3. The van der Waals surface area contributed by atoms with Crippen LogP contribution < -0.4 is 5.32 Å². The number of amides is 3. The Labute approximate surface area is 129 Å². The van der Waals surface area contributed by atoms with Gasteiger partial charge in [-0.3, -0.25) is 4.79 Å². The molecule has 0 aliphatic carbocycles. The molecule has 2 heterocycles. The second kappa shape index (κ2) is 5.12. The first kappa shape index (κ1) is 13.5. The number of phenolic OH excluding ortho intramolecular Hbond substituents is 1. The zero-order valence-electron chi connectivity index (χ0n) is 10.7. The minimum Gasteiger partial charge on any atom is -0.507 e. The highest BCUT2D eigenvalue weighted by Gasteiger charge is 2.37. The van der Waals surface area contributed by atoms with Crippen LogP contribution in [0.5, 0.6) is 5.75 Å². The third-order valence-corrected chi connectivity index (χ3v) is 4.38. The number of halogens is 1. The lowest BCUT2D eigenvalue weighted by atomic mass is 10.1. The number of piperazine rings is 1. The van der Waals surface area contributed by atoms with E-state index in [4.69, 9.17) is 0 Å². The predicted molar refractivity (Wildman–Crippen MR) is 80.6 cm³/mol. The molecule has 2 aliphatic rings. The first-order valence-corrected chi connectivity index (χ1v) is 7.46. The van der Waals surface area contributed by atoms with Crippen LogP contribution in [0.25, 0.3) is 0 Å². The fourth-order valence-electron chi connectivity index (χ4n) is 2.64. The quantitative estimate of drug-likeness (QED) is 0.702. The Hall–Kier alpha value is -1.51. The highest BCUT2D eigenvalue weighted by molar-refractivity contribution is 14.1. The summed E-state index contributed by atoms with van der Waals surface area (Å²) in [7, 11) is 0. The van der Waals surface area contributed by atoms with Gasteiger partial charge in [0.05, 0.1) is 11.6 Å². The minimum absolute atomic E-state index is 0.00142. The molecule has 3 rings (SSSR count). The van der Waals surface area contributed by atoms with Gasteiger partial charge in [0.15, 0.2) is 0 Å². The van der Waals surface area contributed by atoms with E-state index in [1.54, 1.807) is 21.9 Å². The van der Waals surface area contributed by atoms with E-state index in [0.29, 0.717) is 31.7 Å². The number of carbonyl (C=O) groups is 2. The van der Waals surface area contributed by atoms with Crippen molar-refractivity contribution in [2.24, 2.45) is 0 Å². The van der Waals surface area contributed by atoms with Crippen LogP contribution in [-0.2, 0) is 0 Å². The summed E-state index contributed by atoms with van der Waals surface area (Å²) in [5.41, 5.74) is 0.322. The summed E-state index contributed by atoms with van der Waals surface area (Å²) < 4.78 is 0.903. The Morgan fingerprint density at radius 1 is 1.40 bits per heavy atom. The lowest BCUT2D eigenvalue weighted by molar-refractivity contribution is 0.0614. The topological polar surface area (TPSA) is 72.9 Å². The molecule has 20 heavy (non-hydrogen) atoms. The lowest BCUT2D eigenvalue weighted by Gasteiger charge is -2.36. The number of rotatable bonds is 1. The molecule has 0 spiro atoms. The summed E-state index contributed by atoms with van der Waals surface area (Å²) in [6.45, 7) is 2.10. The highest BCUT2D eigenvalue weighted by Crippen LogP contribution is 2.23. The molecule has 6 nitrogen and oxygen atoms in total. The molecule has 1 unspecified atom stereocenters. The van der Waals surface area contributed by atoms with Crippen LogP contribution >= 0.6 is 22.6 Å². The molecule has 3 amide bonds. The molecule has 1 aromatic rings. The molecule has 0 bridgehead atoms. The second-order valence-corrected chi connectivity index (χ2v) is 6.19. The summed E-state index contributed by atoms with van der Waals surface area (Å²) in [6, 6.07) is 4.95. The molecule has 2 N–H and O–H groups in total. The van der Waals surface area contributed by atoms with E-state index < -0.39 is 0 Å². The van der Waals surface area contributed by atoms with E-state index >= 15 is 0 Å². The van der Waals surface area contributed by atoms with Crippen molar-refractivity contribution in [1.82, 2.24) is 15.1 Å². The monoisotopic (exact) mass is 387 g/mol. The summed E-state index contributed by atoms with van der Waals surface area (Å²) in [4.78, 5) is 27.5. The molecule has 1 aromatic carbocycles. The normalized spacial score (nSPS) is 21.6. The number of fused-ring (bicyclic) bond motifs is 1. The van der Waals surface area contributed by atoms with Crippen LogP contribution in [0, 0.1) is 3.57 Å². The largest absolute Gasteiger partial charge is 0.507 e. The van der Waals surface area contributed by atoms with Gasteiger partial charge in [-0.25, -0.2) is 4.79 Å². The number of benzene rings is 1. The van der Waals surface area contributed by atoms with Crippen molar-refractivity contribution in [3.8, 4) is 5.75 Å². The number of nitrogens with zero attached hydrogens (tertiary/aromatic N) is 2. The Morgan fingerprint density at radius 3 is 3.00 bits per heavy atom. The van der Waals surface area contributed by atoms with Crippen LogP contribution in [0.2, 0.25) is 0 Å². The van der Waals surface area contributed by atoms with E-state index in [0.717, 1.165) is 3.57 Å². The van der Waals surface area contributed by atoms with Crippen molar-refractivity contribution >= 4 is 34.5 Å². The molecule has 106 valence electrons. The molecule has 0 aromatic heterocycles. The zero-order valence-corrected chi connectivity index (χ0v) is 12.8. The number of nitrogens with one attached hydrogen (secondary N) is 1. The van der Waals surface area contributed by atoms with Gasteiger partial charge in [-0.2, -0.15) is 0 Å². The number of aromatic hydroxyl groups is 1. The number of phenols is 1. The maximum Gasteiger partial charge on any atom is 0.317 e. The second-order valence-electron chi connectivity index (χ2n) is 4.95. The van der Waals surface area contributed by atoms with E-state index in [2.05, 4.69) is 27.9 Å². The molecule has 2 saturated heterocycles. The highest BCUT2D eigenvalue weighted by atomic mass is 127. The summed E-state index contributed by atoms with van der Waals surface area (Å²) in [6.07, 6.45) is 0. The van der Waals surface area contributed by atoms with Gasteiger partial charge in [0, 0.05) is 29.7 Å². The molecule has 7 heteroatoms. The molecule has 2 fully saturated rings. The standard InChI is InChI=1S/C13H14IN3O3/c14-8-1-2-11(18)10(5-8)12(19)16-3-4-17-9(7-16)6-15-13(17)20/h1-2,5,9,18H,3-4,6-7H2,(H,15,20). The molecular weight excluding hydrogens is 373 g/mol. The SMILES string of the molecule is O=C(c1cc(I)ccc1O)N1CCN2C(=O)NCC2C1.